The van der Waals surface area contributed by atoms with Gasteiger partial charge in [0.1, 0.15) is 11.2 Å². The average molecular weight is 370 g/mol. The molecule has 0 aromatic rings. The number of amides is 1. The van der Waals surface area contributed by atoms with Crippen LogP contribution in [-0.2, 0) is 14.0 Å². The van der Waals surface area contributed by atoms with E-state index in [1.807, 2.05) is 40.4 Å². The Labute approximate surface area is 151 Å². The summed E-state index contributed by atoms with van der Waals surface area (Å²) in [4.78, 5) is 27.2. The molecule has 25 heavy (non-hydrogen) atoms. The van der Waals surface area contributed by atoms with Gasteiger partial charge in [-0.2, -0.15) is 0 Å². The third-order valence-corrected chi connectivity index (χ3v) is 5.28. The molecular weight excluding hydrogens is 338 g/mol. The van der Waals surface area contributed by atoms with Gasteiger partial charge in [0, 0.05) is 13.0 Å². The first-order valence-electron chi connectivity index (χ1n) is 8.95. The maximum Gasteiger partial charge on any atom is 0.410 e. The summed E-state index contributed by atoms with van der Waals surface area (Å²) in [5.74, 6) is -0.166. The normalized spacial score (nSPS) is 30.7. The molecule has 0 spiro atoms. The predicted molar refractivity (Wildman–Crippen MR) is 97.9 cm³/mol. The Morgan fingerprint density at radius 2 is 2.00 bits per heavy atom. The average Bonchev–Trinajstić information content (AvgIpc) is 2.89. The van der Waals surface area contributed by atoms with Crippen molar-refractivity contribution in [2.24, 2.45) is 0 Å². The highest BCUT2D eigenvalue weighted by Crippen LogP contribution is 2.39. The van der Waals surface area contributed by atoms with Crippen LogP contribution in [0.5, 0.6) is 0 Å². The third kappa shape index (κ3) is 4.71. The van der Waals surface area contributed by atoms with E-state index in [-0.39, 0.29) is 12.2 Å². The Morgan fingerprint density at radius 3 is 2.56 bits per heavy atom. The van der Waals surface area contributed by atoms with Crippen LogP contribution in [0.4, 0.5) is 4.79 Å². The number of carbonyl (C=O) groups excluding carboxylic acids is 2. The van der Waals surface area contributed by atoms with Gasteiger partial charge in [-0.1, -0.05) is 6.08 Å². The molecule has 1 aliphatic carbocycles. The molecule has 3 atom stereocenters. The zero-order chi connectivity index (χ0) is 19.0. The van der Waals surface area contributed by atoms with E-state index in [0.717, 1.165) is 6.42 Å². The molecule has 1 heterocycles. The molecule has 1 fully saturated rings. The number of nitrogens with zero attached hydrogens (tertiary/aromatic N) is 1. The van der Waals surface area contributed by atoms with Gasteiger partial charge >= 0.3 is 6.09 Å². The number of ketones is 1. The van der Waals surface area contributed by atoms with Gasteiger partial charge < -0.3 is 19.2 Å². The maximum absolute atomic E-state index is 12.9. The fraction of sp³-hybridized carbons (Fsp3) is 0.778. The molecular formula is C18H31NO5Si. The van der Waals surface area contributed by atoms with Crippen LogP contribution in [0.2, 0.25) is 19.6 Å². The lowest BCUT2D eigenvalue weighted by molar-refractivity contribution is -0.140. The molecule has 142 valence electrons. The summed E-state index contributed by atoms with van der Waals surface area (Å²) in [5.41, 5.74) is -1.79. The Morgan fingerprint density at radius 1 is 1.36 bits per heavy atom. The fourth-order valence-electron chi connectivity index (χ4n) is 3.62. The third-order valence-electron chi connectivity index (χ3n) is 4.31. The molecule has 2 rings (SSSR count). The largest absolute Gasteiger partial charge is 0.444 e. The smallest absolute Gasteiger partial charge is 0.410 e. The lowest BCUT2D eigenvalue weighted by Crippen LogP contribution is -2.63. The van der Waals surface area contributed by atoms with Crippen molar-refractivity contribution in [1.29, 1.82) is 0 Å². The van der Waals surface area contributed by atoms with Crippen LogP contribution < -0.4 is 0 Å². The predicted octanol–water partition coefficient (Wildman–Crippen LogP) is 2.87. The molecule has 0 saturated carbocycles. The minimum absolute atomic E-state index is 0.166. The highest BCUT2D eigenvalue weighted by atomic mass is 28.4. The molecule has 0 radical (unpaired) electrons. The Balaban J connectivity index is 2.38. The minimum atomic E-state index is -2.11. The zero-order valence-corrected chi connectivity index (χ0v) is 17.2. The second-order valence-electron chi connectivity index (χ2n) is 8.93. The highest BCUT2D eigenvalue weighted by molar-refractivity contribution is 6.70. The van der Waals surface area contributed by atoms with Crippen LogP contribution >= 0.6 is 0 Å². The first-order valence-corrected chi connectivity index (χ1v) is 12.4. The molecule has 0 aromatic heterocycles. The van der Waals surface area contributed by atoms with E-state index in [2.05, 4.69) is 0 Å². The van der Waals surface area contributed by atoms with Gasteiger partial charge in [-0.3, -0.25) is 4.79 Å². The number of aliphatic hydroxyl groups excluding tert-OH is 1. The van der Waals surface area contributed by atoms with E-state index in [4.69, 9.17) is 9.16 Å². The van der Waals surface area contributed by atoms with Gasteiger partial charge in [0.2, 0.25) is 0 Å². The standard InChI is InChI=1S/C18H31NO5Si/c1-17(2,3)23-16(22)19-11-7-8-14(19)18(24-25(4,5)6)12-13(20)9-10-15(18)21/h9-10,13-14,20H,7-8,11-12H2,1-6H3/t13-,14+,18+/m0/s1. The molecule has 1 aliphatic heterocycles. The zero-order valence-electron chi connectivity index (χ0n) is 16.2. The molecule has 0 aromatic carbocycles. The van der Waals surface area contributed by atoms with Crippen LogP contribution in [0.3, 0.4) is 0 Å². The van der Waals surface area contributed by atoms with Crippen molar-refractivity contribution < 1.29 is 23.9 Å². The Kier molecular flexibility index (Phi) is 5.52. The number of ether oxygens (including phenoxy) is 1. The molecule has 6 nitrogen and oxygen atoms in total. The minimum Gasteiger partial charge on any atom is -0.444 e. The summed E-state index contributed by atoms with van der Waals surface area (Å²) in [6, 6.07) is -0.416. The summed E-state index contributed by atoms with van der Waals surface area (Å²) >= 11 is 0. The van der Waals surface area contributed by atoms with Gasteiger partial charge in [-0.25, -0.2) is 4.79 Å². The summed E-state index contributed by atoms with van der Waals surface area (Å²) in [5, 5.41) is 10.2. The molecule has 7 heteroatoms. The topological polar surface area (TPSA) is 76.1 Å². The number of hydrogen-bond donors (Lipinski definition) is 1. The van der Waals surface area contributed by atoms with Crippen LogP contribution in [0.25, 0.3) is 0 Å². The van der Waals surface area contributed by atoms with Gasteiger partial charge in [0.25, 0.3) is 0 Å². The van der Waals surface area contributed by atoms with E-state index in [1.165, 1.54) is 12.2 Å². The first-order chi connectivity index (χ1) is 11.3. The van der Waals surface area contributed by atoms with Gasteiger partial charge in [-0.15, -0.1) is 0 Å². The number of likely N-dealkylation sites (tertiary alicyclic amines) is 1. The SMILES string of the molecule is CC(C)(C)OC(=O)N1CCC[C@@H]1[C@]1(O[Si](C)(C)C)C[C@@H](O)C=CC1=O. The van der Waals surface area contributed by atoms with Gasteiger partial charge in [0.05, 0.1) is 12.1 Å². The summed E-state index contributed by atoms with van der Waals surface area (Å²) in [6.07, 6.45) is 3.35. The molecule has 0 unspecified atom stereocenters. The maximum atomic E-state index is 12.9. The van der Waals surface area contributed by atoms with Crippen LogP contribution in [0, 0.1) is 0 Å². The van der Waals surface area contributed by atoms with Gasteiger partial charge in [-0.05, 0) is 59.3 Å². The van der Waals surface area contributed by atoms with Crippen molar-refractivity contribution in [3.05, 3.63) is 12.2 Å². The van der Waals surface area contributed by atoms with Crippen molar-refractivity contribution in [2.75, 3.05) is 6.54 Å². The molecule has 1 N–H and O–H groups in total. The van der Waals surface area contributed by atoms with Crippen LogP contribution in [-0.4, -0.2) is 60.1 Å². The van der Waals surface area contributed by atoms with Gasteiger partial charge in [0.15, 0.2) is 14.1 Å². The van der Waals surface area contributed by atoms with Crippen molar-refractivity contribution in [2.45, 2.75) is 83.0 Å². The van der Waals surface area contributed by atoms with Crippen molar-refractivity contribution >= 4 is 20.2 Å². The lowest BCUT2D eigenvalue weighted by Gasteiger charge is -2.46. The summed E-state index contributed by atoms with van der Waals surface area (Å²) in [7, 11) is -2.11. The molecule has 2 aliphatic rings. The molecule has 1 saturated heterocycles. The molecule has 0 bridgehead atoms. The summed E-state index contributed by atoms with van der Waals surface area (Å²) in [6.45, 7) is 12.0. The number of carbonyl (C=O) groups is 2. The van der Waals surface area contributed by atoms with Crippen molar-refractivity contribution in [1.82, 2.24) is 4.90 Å². The van der Waals surface area contributed by atoms with Crippen LogP contribution in [0.1, 0.15) is 40.0 Å². The number of hydrogen-bond acceptors (Lipinski definition) is 5. The van der Waals surface area contributed by atoms with E-state index < -0.39 is 37.8 Å². The second kappa shape index (κ2) is 6.85. The quantitative estimate of drug-likeness (QED) is 0.774. The Bertz CT molecular complexity index is 563. The van der Waals surface area contributed by atoms with E-state index >= 15 is 0 Å². The fourth-order valence-corrected chi connectivity index (χ4v) is 5.03. The van der Waals surface area contributed by atoms with Crippen LogP contribution in [0.15, 0.2) is 12.2 Å². The summed E-state index contributed by atoms with van der Waals surface area (Å²) < 4.78 is 11.9. The highest BCUT2D eigenvalue weighted by Gasteiger charge is 2.55. The van der Waals surface area contributed by atoms with Crippen molar-refractivity contribution in [3.8, 4) is 0 Å². The molecule has 1 amide bonds. The Hall–Kier alpha value is -1.18. The van der Waals surface area contributed by atoms with E-state index in [0.29, 0.717) is 13.0 Å². The number of rotatable bonds is 3. The first kappa shape index (κ1) is 20.1. The number of aliphatic hydroxyl groups is 1. The second-order valence-corrected chi connectivity index (χ2v) is 13.4. The van der Waals surface area contributed by atoms with E-state index in [1.54, 1.807) is 4.90 Å². The monoisotopic (exact) mass is 369 g/mol. The van der Waals surface area contributed by atoms with Crippen molar-refractivity contribution in [3.63, 3.8) is 0 Å². The van der Waals surface area contributed by atoms with E-state index in [9.17, 15) is 14.7 Å². The lowest BCUT2D eigenvalue weighted by atomic mass is 9.79.